The molecule has 5 rings (SSSR count). The fourth-order valence-corrected chi connectivity index (χ4v) is 6.45. The van der Waals surface area contributed by atoms with Gasteiger partial charge in [-0.3, -0.25) is 4.98 Å². The van der Waals surface area contributed by atoms with Gasteiger partial charge in [-0.1, -0.05) is 64.8 Å². The van der Waals surface area contributed by atoms with Crippen LogP contribution in [0.2, 0.25) is 0 Å². The molecular formula is C28H32F5NO2. The van der Waals surface area contributed by atoms with Crippen LogP contribution in [-0.4, -0.2) is 16.3 Å². The van der Waals surface area contributed by atoms with Crippen LogP contribution in [0.5, 0.6) is 0 Å². The Morgan fingerprint density at radius 1 is 1.00 bits per heavy atom. The van der Waals surface area contributed by atoms with Crippen molar-refractivity contribution in [1.29, 1.82) is 0 Å². The first-order valence-corrected chi connectivity index (χ1v) is 12.6. The van der Waals surface area contributed by atoms with Crippen LogP contribution in [0.25, 0.3) is 0 Å². The highest BCUT2D eigenvalue weighted by Gasteiger charge is 2.59. The molecule has 36 heavy (non-hydrogen) atoms. The molecule has 1 saturated carbocycles. The van der Waals surface area contributed by atoms with Crippen LogP contribution in [0.3, 0.4) is 0 Å². The normalized spacial score (nSPS) is 24.9. The Kier molecular flexibility index (Phi) is 5.84. The summed E-state index contributed by atoms with van der Waals surface area (Å²) in [6.07, 6.45) is -2.24. The number of halogens is 5. The van der Waals surface area contributed by atoms with Crippen molar-refractivity contribution >= 4 is 0 Å². The maximum atomic E-state index is 13.9. The zero-order valence-electron chi connectivity index (χ0n) is 21.0. The highest BCUT2D eigenvalue weighted by atomic mass is 19.4. The van der Waals surface area contributed by atoms with Gasteiger partial charge in [-0.15, -0.1) is 0 Å². The quantitative estimate of drug-likeness (QED) is 0.430. The molecule has 0 bridgehead atoms. The SMILES string of the molecule is CC(C)c1nc2c(c3c1[C@@H](c1ccc(C(F)(F)C(F)(F)F)cc1)OC31CCCC1)C(O)CC(C)(C)C2. The fourth-order valence-electron chi connectivity index (χ4n) is 6.45. The molecule has 0 saturated heterocycles. The fraction of sp³-hybridized carbons (Fsp3) is 0.607. The first kappa shape index (κ1) is 25.6. The van der Waals surface area contributed by atoms with Gasteiger partial charge in [0.15, 0.2) is 0 Å². The first-order chi connectivity index (χ1) is 16.7. The maximum absolute atomic E-state index is 13.9. The van der Waals surface area contributed by atoms with Crippen LogP contribution in [0.1, 0.15) is 117 Å². The number of aromatic nitrogens is 1. The first-order valence-electron chi connectivity index (χ1n) is 12.6. The van der Waals surface area contributed by atoms with E-state index in [9.17, 15) is 27.1 Å². The van der Waals surface area contributed by atoms with Crippen molar-refractivity contribution in [2.24, 2.45) is 5.41 Å². The highest BCUT2D eigenvalue weighted by molar-refractivity contribution is 5.54. The van der Waals surface area contributed by atoms with Crippen LogP contribution in [-0.2, 0) is 22.7 Å². The minimum Gasteiger partial charge on any atom is -0.388 e. The Hall–Kier alpha value is -2.06. The number of aliphatic hydroxyl groups excluding tert-OH is 1. The maximum Gasteiger partial charge on any atom is 0.458 e. The second-order valence-electron chi connectivity index (χ2n) is 11.8. The van der Waals surface area contributed by atoms with Crippen LogP contribution in [0.15, 0.2) is 24.3 Å². The Labute approximate surface area is 208 Å². The monoisotopic (exact) mass is 509 g/mol. The zero-order chi connectivity index (χ0) is 26.3. The number of rotatable bonds is 3. The largest absolute Gasteiger partial charge is 0.458 e. The molecule has 3 nitrogen and oxygen atoms in total. The number of hydrogen-bond donors (Lipinski definition) is 1. The molecule has 2 aromatic rings. The average Bonchev–Trinajstić information content (AvgIpc) is 3.37. The summed E-state index contributed by atoms with van der Waals surface area (Å²) < 4.78 is 73.3. The number of pyridine rings is 1. The summed E-state index contributed by atoms with van der Waals surface area (Å²) in [6.45, 7) is 8.30. The summed E-state index contributed by atoms with van der Waals surface area (Å²) in [4.78, 5) is 5.04. The minimum atomic E-state index is -5.67. The van der Waals surface area contributed by atoms with Crippen molar-refractivity contribution in [1.82, 2.24) is 4.98 Å². The van der Waals surface area contributed by atoms with Crippen molar-refractivity contribution in [3.63, 3.8) is 0 Å². The van der Waals surface area contributed by atoms with E-state index in [0.29, 0.717) is 12.0 Å². The van der Waals surface area contributed by atoms with Gasteiger partial charge >= 0.3 is 12.1 Å². The summed E-state index contributed by atoms with van der Waals surface area (Å²) in [5, 5.41) is 11.3. The van der Waals surface area contributed by atoms with E-state index >= 15 is 0 Å². The van der Waals surface area contributed by atoms with E-state index in [1.54, 1.807) is 0 Å². The summed E-state index contributed by atoms with van der Waals surface area (Å²) in [7, 11) is 0. The predicted octanol–water partition coefficient (Wildman–Crippen LogP) is 7.75. The van der Waals surface area contributed by atoms with Gasteiger partial charge in [-0.05, 0) is 48.1 Å². The van der Waals surface area contributed by atoms with Crippen LogP contribution >= 0.6 is 0 Å². The van der Waals surface area contributed by atoms with Gasteiger partial charge in [0.1, 0.15) is 6.10 Å². The van der Waals surface area contributed by atoms with Gasteiger partial charge in [0.25, 0.3) is 0 Å². The molecular weight excluding hydrogens is 477 g/mol. The van der Waals surface area contributed by atoms with Crippen molar-refractivity contribution in [2.45, 2.75) is 102 Å². The number of ether oxygens (including phenoxy) is 1. The summed E-state index contributed by atoms with van der Waals surface area (Å²) >= 11 is 0. The average molecular weight is 510 g/mol. The molecule has 1 aromatic heterocycles. The third-order valence-electron chi connectivity index (χ3n) is 8.06. The lowest BCUT2D eigenvalue weighted by Crippen LogP contribution is -2.33. The highest BCUT2D eigenvalue weighted by Crippen LogP contribution is 2.59. The predicted molar refractivity (Wildman–Crippen MR) is 125 cm³/mol. The molecule has 8 heteroatoms. The van der Waals surface area contributed by atoms with Gasteiger partial charge in [-0.25, -0.2) is 0 Å². The van der Waals surface area contributed by atoms with E-state index in [2.05, 4.69) is 13.8 Å². The summed E-state index contributed by atoms with van der Waals surface area (Å²) in [5.74, 6) is -4.91. The Morgan fingerprint density at radius 2 is 1.61 bits per heavy atom. The van der Waals surface area contributed by atoms with Crippen molar-refractivity contribution < 1.29 is 31.8 Å². The number of benzene rings is 1. The Morgan fingerprint density at radius 3 is 2.17 bits per heavy atom. The second-order valence-corrected chi connectivity index (χ2v) is 11.8. The lowest BCUT2D eigenvalue weighted by Gasteiger charge is -2.38. The van der Waals surface area contributed by atoms with Crippen molar-refractivity contribution in [3.05, 3.63) is 63.5 Å². The van der Waals surface area contributed by atoms with Gasteiger partial charge in [0, 0.05) is 28.1 Å². The van der Waals surface area contributed by atoms with E-state index in [0.717, 1.165) is 72.3 Å². The zero-order valence-corrected chi connectivity index (χ0v) is 21.0. The molecule has 2 atom stereocenters. The molecule has 3 aliphatic rings. The molecule has 0 amide bonds. The van der Waals surface area contributed by atoms with Gasteiger partial charge in [0.05, 0.1) is 11.7 Å². The van der Waals surface area contributed by atoms with E-state index < -0.39 is 35.5 Å². The van der Waals surface area contributed by atoms with E-state index in [4.69, 9.17) is 9.72 Å². The standard InChI is InChI=1S/C28H32F5NO2/c1-15(2)23-21-22(20-18(34-23)13-25(3,4)14-19(20)35)26(11-5-6-12-26)36-24(21)16-7-9-17(10-8-16)27(29,30)28(31,32)33/h7-10,15,19,24,35H,5-6,11-14H2,1-4H3/t19?,24-/m1/s1. The minimum absolute atomic E-state index is 0.0303. The molecule has 2 heterocycles. The van der Waals surface area contributed by atoms with Gasteiger partial charge in [-0.2, -0.15) is 22.0 Å². The number of fused-ring (bicyclic) bond motifs is 4. The molecule has 1 spiro atoms. The van der Waals surface area contributed by atoms with Crippen LogP contribution in [0, 0.1) is 5.41 Å². The van der Waals surface area contributed by atoms with Crippen LogP contribution < -0.4 is 0 Å². The molecule has 1 fully saturated rings. The molecule has 1 aliphatic heterocycles. The van der Waals surface area contributed by atoms with Gasteiger partial charge < -0.3 is 9.84 Å². The Bertz CT molecular complexity index is 1160. The summed E-state index contributed by atoms with van der Waals surface area (Å²) in [6, 6.07) is 4.29. The number of hydrogen-bond acceptors (Lipinski definition) is 3. The smallest absolute Gasteiger partial charge is 0.388 e. The number of alkyl halides is 5. The summed E-state index contributed by atoms with van der Waals surface area (Å²) in [5.41, 5.74) is 3.07. The van der Waals surface area contributed by atoms with Crippen molar-refractivity contribution in [2.75, 3.05) is 0 Å². The topological polar surface area (TPSA) is 42.4 Å². The van der Waals surface area contributed by atoms with Gasteiger partial charge in [0.2, 0.25) is 0 Å². The lowest BCUT2D eigenvalue weighted by atomic mass is 9.70. The Balaban J connectivity index is 1.69. The molecule has 196 valence electrons. The molecule has 1 aromatic carbocycles. The third-order valence-corrected chi connectivity index (χ3v) is 8.06. The lowest BCUT2D eigenvalue weighted by molar-refractivity contribution is -0.289. The van der Waals surface area contributed by atoms with E-state index in [1.165, 1.54) is 12.1 Å². The second kappa shape index (κ2) is 8.22. The third kappa shape index (κ3) is 3.87. The van der Waals surface area contributed by atoms with E-state index in [1.807, 2.05) is 13.8 Å². The molecule has 2 aliphatic carbocycles. The van der Waals surface area contributed by atoms with Crippen LogP contribution in [0.4, 0.5) is 22.0 Å². The molecule has 1 unspecified atom stereocenters. The molecule has 1 N–H and O–H groups in total. The number of nitrogens with zero attached hydrogens (tertiary/aromatic N) is 1. The van der Waals surface area contributed by atoms with Crippen molar-refractivity contribution in [3.8, 4) is 0 Å². The number of aliphatic hydroxyl groups is 1. The van der Waals surface area contributed by atoms with E-state index in [-0.39, 0.29) is 11.3 Å². The molecule has 0 radical (unpaired) electrons.